The van der Waals surface area contributed by atoms with Crippen LogP contribution in [0, 0.1) is 0 Å². The number of Topliss-reactive ketones (excluding diaryl/α,β-unsaturated/α-hetero) is 1. The Kier molecular flexibility index (Phi) is 8.24. The summed E-state index contributed by atoms with van der Waals surface area (Å²) in [6.45, 7) is 1.63. The molecule has 1 amide bonds. The number of hydrogen-bond donors (Lipinski definition) is 4. The number of benzene rings is 4. The molecule has 0 aliphatic rings. The molecule has 0 aromatic heterocycles. The largest absolute Gasteiger partial charge is 0.478 e. The molecule has 0 fully saturated rings. The van der Waals surface area contributed by atoms with Gasteiger partial charge in [-0.3, -0.25) is 9.59 Å². The summed E-state index contributed by atoms with van der Waals surface area (Å²) in [7, 11) is 1.82. The van der Waals surface area contributed by atoms with Gasteiger partial charge in [0.2, 0.25) is 0 Å². The van der Waals surface area contributed by atoms with E-state index in [9.17, 15) is 29.4 Å². The van der Waals surface area contributed by atoms with Crippen molar-refractivity contribution in [1.82, 2.24) is 0 Å². The van der Waals surface area contributed by atoms with Gasteiger partial charge in [-0.2, -0.15) is 0 Å². The fourth-order valence-corrected chi connectivity index (χ4v) is 4.06. The summed E-state index contributed by atoms with van der Waals surface area (Å²) >= 11 is 0. The van der Waals surface area contributed by atoms with Gasteiger partial charge in [0.05, 0.1) is 16.7 Å². The van der Waals surface area contributed by atoms with Gasteiger partial charge in [0.15, 0.2) is 5.78 Å². The molecule has 4 N–H and O–H groups in total. The number of anilines is 2. The van der Waals surface area contributed by atoms with Crippen LogP contribution >= 0.6 is 0 Å². The second-order valence-corrected chi connectivity index (χ2v) is 8.76. The lowest BCUT2D eigenvalue weighted by Gasteiger charge is -2.12. The van der Waals surface area contributed by atoms with E-state index >= 15 is 0 Å². The van der Waals surface area contributed by atoms with Gasteiger partial charge < -0.3 is 25.6 Å². The van der Waals surface area contributed by atoms with E-state index in [2.05, 4.69) is 10.6 Å². The number of carboxylic acids is 2. The Morgan fingerprint density at radius 2 is 1.12 bits per heavy atom. The van der Waals surface area contributed by atoms with Gasteiger partial charge in [-0.25, -0.2) is 9.59 Å². The van der Waals surface area contributed by atoms with Crippen LogP contribution in [0.3, 0.4) is 0 Å². The quantitative estimate of drug-likeness (QED) is 0.169. The summed E-state index contributed by atoms with van der Waals surface area (Å²) in [4.78, 5) is 49.0. The van der Waals surface area contributed by atoms with Crippen molar-refractivity contribution in [2.75, 3.05) is 17.7 Å². The monoisotopic (exact) mass is 538 g/mol. The molecular formula is C31H26N2O7. The Morgan fingerprint density at radius 3 is 1.60 bits per heavy atom. The number of hydrogen-bond acceptors (Lipinski definition) is 6. The average molecular weight is 539 g/mol. The number of rotatable bonds is 10. The van der Waals surface area contributed by atoms with Crippen LogP contribution in [-0.2, 0) is 0 Å². The number of carbonyl (C=O) groups is 4. The fraction of sp³-hybridized carbons (Fsp3) is 0.0968. The molecule has 0 aliphatic heterocycles. The third-order valence-corrected chi connectivity index (χ3v) is 6.19. The molecule has 4 rings (SSSR count). The van der Waals surface area contributed by atoms with Gasteiger partial charge in [-0.05, 0) is 83.9 Å². The molecule has 0 unspecified atom stereocenters. The van der Waals surface area contributed by atoms with E-state index in [1.54, 1.807) is 31.2 Å². The first kappa shape index (κ1) is 27.6. The van der Waals surface area contributed by atoms with Gasteiger partial charge in [-0.15, -0.1) is 0 Å². The first-order valence-electron chi connectivity index (χ1n) is 12.4. The summed E-state index contributed by atoms with van der Waals surface area (Å²) in [6.07, 6.45) is 0.113. The lowest BCUT2D eigenvalue weighted by molar-refractivity contribution is 0.0683. The van der Waals surface area contributed by atoms with Crippen molar-refractivity contribution in [1.29, 1.82) is 0 Å². The van der Waals surface area contributed by atoms with Crippen molar-refractivity contribution < 1.29 is 34.1 Å². The predicted octanol–water partition coefficient (Wildman–Crippen LogP) is 6.43. The maximum absolute atomic E-state index is 13.2. The summed E-state index contributed by atoms with van der Waals surface area (Å²) in [6, 6.07) is 22.5. The normalized spacial score (nSPS) is 10.4. The number of ketones is 1. The van der Waals surface area contributed by atoms with Crippen molar-refractivity contribution >= 4 is 35.0 Å². The van der Waals surface area contributed by atoms with Gasteiger partial charge in [0.1, 0.15) is 11.5 Å². The SMILES string of the molecule is CCC(=O)c1cc(-c2ccc(C(=O)O)c(C(=O)Nc3ccc(Oc4ccc(NC)cc4)cc3)c2)ccc1C(=O)O. The van der Waals surface area contributed by atoms with Crippen LogP contribution < -0.4 is 15.4 Å². The number of aromatic carboxylic acids is 2. The number of carbonyl (C=O) groups excluding carboxylic acids is 2. The molecule has 0 bridgehead atoms. The summed E-state index contributed by atoms with van der Waals surface area (Å²) < 4.78 is 5.82. The fourth-order valence-electron chi connectivity index (χ4n) is 4.06. The van der Waals surface area contributed by atoms with E-state index in [0.717, 1.165) is 5.69 Å². The maximum Gasteiger partial charge on any atom is 0.336 e. The first-order chi connectivity index (χ1) is 19.2. The van der Waals surface area contributed by atoms with Crippen molar-refractivity contribution in [2.24, 2.45) is 0 Å². The summed E-state index contributed by atoms with van der Waals surface area (Å²) in [5.41, 5.74) is 1.90. The molecule has 4 aromatic carbocycles. The molecule has 0 radical (unpaired) electrons. The Balaban J connectivity index is 1.59. The molecule has 0 spiro atoms. The maximum atomic E-state index is 13.2. The van der Waals surface area contributed by atoms with Gasteiger partial charge in [0, 0.05) is 30.4 Å². The Bertz CT molecular complexity index is 1590. The van der Waals surface area contributed by atoms with Crippen LogP contribution in [-0.4, -0.2) is 40.9 Å². The van der Waals surface area contributed by atoms with Crippen molar-refractivity contribution in [3.8, 4) is 22.6 Å². The predicted molar refractivity (Wildman–Crippen MR) is 151 cm³/mol. The van der Waals surface area contributed by atoms with Crippen LogP contribution in [0.25, 0.3) is 11.1 Å². The van der Waals surface area contributed by atoms with Gasteiger partial charge >= 0.3 is 11.9 Å². The number of nitrogens with one attached hydrogen (secondary N) is 2. The highest BCUT2D eigenvalue weighted by Gasteiger charge is 2.20. The average Bonchev–Trinajstić information content (AvgIpc) is 2.97. The Labute approximate surface area is 230 Å². The zero-order chi connectivity index (χ0) is 28.8. The van der Waals surface area contributed by atoms with Crippen LogP contribution in [0.4, 0.5) is 11.4 Å². The number of carboxylic acid groups (broad SMARTS) is 2. The molecule has 9 nitrogen and oxygen atoms in total. The third-order valence-electron chi connectivity index (χ3n) is 6.19. The molecule has 4 aromatic rings. The number of amides is 1. The van der Waals surface area contributed by atoms with Crippen molar-refractivity contribution in [3.63, 3.8) is 0 Å². The molecule has 0 atom stereocenters. The molecular weight excluding hydrogens is 512 g/mol. The highest BCUT2D eigenvalue weighted by Crippen LogP contribution is 2.28. The smallest absolute Gasteiger partial charge is 0.336 e. The van der Waals surface area contributed by atoms with Crippen LogP contribution in [0.2, 0.25) is 0 Å². The lowest BCUT2D eigenvalue weighted by Crippen LogP contribution is -2.16. The van der Waals surface area contributed by atoms with E-state index in [1.165, 1.54) is 36.4 Å². The second-order valence-electron chi connectivity index (χ2n) is 8.76. The zero-order valence-corrected chi connectivity index (χ0v) is 21.7. The van der Waals surface area contributed by atoms with Gasteiger partial charge in [-0.1, -0.05) is 19.1 Å². The minimum Gasteiger partial charge on any atom is -0.478 e. The summed E-state index contributed by atoms with van der Waals surface area (Å²) in [5.74, 6) is -2.32. The molecule has 0 aliphatic carbocycles. The molecule has 9 heteroatoms. The van der Waals surface area contributed by atoms with Crippen molar-refractivity contribution in [3.05, 3.63) is 107 Å². The van der Waals surface area contributed by atoms with Crippen LogP contribution in [0.1, 0.15) is 54.8 Å². The second kappa shape index (κ2) is 12.0. The molecule has 0 heterocycles. The van der Waals surface area contributed by atoms with E-state index in [-0.39, 0.29) is 34.5 Å². The van der Waals surface area contributed by atoms with E-state index in [1.807, 2.05) is 31.3 Å². The molecule has 0 saturated heterocycles. The summed E-state index contributed by atoms with van der Waals surface area (Å²) in [5, 5.41) is 24.9. The molecule has 202 valence electrons. The lowest BCUT2D eigenvalue weighted by atomic mass is 9.93. The number of ether oxygens (including phenoxy) is 1. The van der Waals surface area contributed by atoms with Gasteiger partial charge in [0.25, 0.3) is 5.91 Å². The van der Waals surface area contributed by atoms with E-state index in [4.69, 9.17) is 4.74 Å². The highest BCUT2D eigenvalue weighted by atomic mass is 16.5. The minimum absolute atomic E-state index is 0.0427. The Hall–Kier alpha value is -5.44. The van der Waals surface area contributed by atoms with E-state index < -0.39 is 17.8 Å². The van der Waals surface area contributed by atoms with Crippen LogP contribution in [0.15, 0.2) is 84.9 Å². The highest BCUT2D eigenvalue weighted by molar-refractivity contribution is 6.11. The Morgan fingerprint density at radius 1 is 0.650 bits per heavy atom. The van der Waals surface area contributed by atoms with E-state index in [0.29, 0.717) is 28.3 Å². The molecule has 40 heavy (non-hydrogen) atoms. The third kappa shape index (κ3) is 6.16. The minimum atomic E-state index is -1.28. The van der Waals surface area contributed by atoms with Crippen LogP contribution in [0.5, 0.6) is 11.5 Å². The molecule has 0 saturated carbocycles. The standard InChI is InChI=1S/C31H26N2O7/c1-3-28(34)26-16-18(4-14-24(26)30(36)37)19-5-15-25(31(38)39)27(17-19)29(35)33-21-8-12-23(13-9-21)40-22-10-6-20(32-2)7-11-22/h4-17,32H,3H2,1-2H3,(H,33,35)(H,36,37)(H,38,39). The topological polar surface area (TPSA) is 142 Å². The first-order valence-corrected chi connectivity index (χ1v) is 12.4. The zero-order valence-electron chi connectivity index (χ0n) is 21.7. The van der Waals surface area contributed by atoms with Crippen molar-refractivity contribution in [2.45, 2.75) is 13.3 Å².